The summed E-state index contributed by atoms with van der Waals surface area (Å²) >= 11 is 1.28. The van der Waals surface area contributed by atoms with Crippen LogP contribution in [0.15, 0.2) is 63.1 Å². The third-order valence-corrected chi connectivity index (χ3v) is 4.22. The molecular weight excluding hydrogens is 328 g/mol. The van der Waals surface area contributed by atoms with Gasteiger partial charge in [-0.2, -0.15) is 0 Å². The summed E-state index contributed by atoms with van der Waals surface area (Å²) in [4.78, 5) is 17.0. The van der Waals surface area contributed by atoms with Gasteiger partial charge in [0.1, 0.15) is 5.76 Å². The number of nitrogens with zero attached hydrogens (tertiary/aromatic N) is 1. The van der Waals surface area contributed by atoms with Crippen molar-refractivity contribution in [3.8, 4) is 11.5 Å². The Kier molecular flexibility index (Phi) is 3.84. The summed E-state index contributed by atoms with van der Waals surface area (Å²) < 4.78 is 15.8. The molecule has 7 heteroatoms. The summed E-state index contributed by atoms with van der Waals surface area (Å²) in [5.74, 6) is 1.90. The quantitative estimate of drug-likeness (QED) is 0.866. The molecule has 0 radical (unpaired) electrons. The number of hydrogen-bond donors (Lipinski definition) is 1. The minimum atomic E-state index is -0.177. The molecule has 1 saturated heterocycles. The molecule has 3 heterocycles. The number of hydrogen-bond acceptors (Lipinski definition) is 6. The van der Waals surface area contributed by atoms with Gasteiger partial charge >= 0.3 is 0 Å². The van der Waals surface area contributed by atoms with Crippen molar-refractivity contribution in [3.63, 3.8) is 0 Å². The first-order valence-corrected chi connectivity index (χ1v) is 7.99. The topological polar surface area (TPSA) is 73.1 Å². The fourth-order valence-corrected chi connectivity index (χ4v) is 2.98. The van der Waals surface area contributed by atoms with Crippen molar-refractivity contribution in [2.75, 3.05) is 6.79 Å². The van der Waals surface area contributed by atoms with Crippen LogP contribution in [0.4, 0.5) is 5.69 Å². The zero-order valence-corrected chi connectivity index (χ0v) is 13.2. The maximum atomic E-state index is 12.0. The second kappa shape index (κ2) is 6.29. The molecule has 1 amide bonds. The number of nitrogens with one attached hydrogen (secondary N) is 1. The summed E-state index contributed by atoms with van der Waals surface area (Å²) in [6.45, 7) is 0.218. The van der Waals surface area contributed by atoms with Crippen LogP contribution in [0.1, 0.15) is 5.76 Å². The van der Waals surface area contributed by atoms with E-state index in [1.807, 2.05) is 12.1 Å². The average Bonchev–Trinajstić information content (AvgIpc) is 3.29. The van der Waals surface area contributed by atoms with Gasteiger partial charge in [0.25, 0.3) is 5.91 Å². The second-order valence-electron chi connectivity index (χ2n) is 4.92. The lowest BCUT2D eigenvalue weighted by Crippen LogP contribution is -2.19. The molecule has 2 aromatic rings. The van der Waals surface area contributed by atoms with Crippen LogP contribution in [-0.2, 0) is 4.79 Å². The lowest BCUT2D eigenvalue weighted by atomic mass is 10.3. The van der Waals surface area contributed by atoms with E-state index in [1.54, 1.807) is 42.7 Å². The highest BCUT2D eigenvalue weighted by Gasteiger charge is 2.23. The van der Waals surface area contributed by atoms with Gasteiger partial charge in [0.2, 0.25) is 6.79 Å². The monoisotopic (exact) mass is 340 g/mol. The number of furan rings is 1. The molecule has 1 aromatic heterocycles. The molecule has 2 aliphatic heterocycles. The number of amides is 1. The van der Waals surface area contributed by atoms with Crippen LogP contribution in [0.25, 0.3) is 6.08 Å². The summed E-state index contributed by atoms with van der Waals surface area (Å²) in [6.07, 6.45) is 6.88. The Hall–Kier alpha value is -2.93. The maximum absolute atomic E-state index is 12.0. The van der Waals surface area contributed by atoms with E-state index in [0.717, 1.165) is 5.76 Å². The predicted molar refractivity (Wildman–Crippen MR) is 91.2 cm³/mol. The minimum Gasteiger partial charge on any atom is -0.465 e. The van der Waals surface area contributed by atoms with Crippen molar-refractivity contribution in [3.05, 3.63) is 59.4 Å². The molecule has 0 aliphatic carbocycles. The zero-order chi connectivity index (χ0) is 16.4. The lowest BCUT2D eigenvalue weighted by molar-refractivity contribution is -0.115. The van der Waals surface area contributed by atoms with Crippen molar-refractivity contribution in [2.45, 2.75) is 0 Å². The third-order valence-electron chi connectivity index (χ3n) is 3.29. The molecule has 0 atom stereocenters. The first-order chi connectivity index (χ1) is 11.8. The highest BCUT2D eigenvalue weighted by molar-refractivity contribution is 8.18. The van der Waals surface area contributed by atoms with E-state index in [9.17, 15) is 4.79 Å². The summed E-state index contributed by atoms with van der Waals surface area (Å²) in [5.41, 5.74) is 0.689. The van der Waals surface area contributed by atoms with Gasteiger partial charge in [-0.25, -0.2) is 4.99 Å². The van der Waals surface area contributed by atoms with Gasteiger partial charge in [0, 0.05) is 6.07 Å². The van der Waals surface area contributed by atoms with Crippen LogP contribution in [0.5, 0.6) is 11.5 Å². The minimum absolute atomic E-state index is 0.177. The Morgan fingerprint density at radius 2 is 2.12 bits per heavy atom. The number of ether oxygens (including phenoxy) is 2. The van der Waals surface area contributed by atoms with Crippen molar-refractivity contribution >= 4 is 34.6 Å². The number of benzene rings is 1. The van der Waals surface area contributed by atoms with E-state index in [0.29, 0.717) is 27.3 Å². The molecular formula is C17H12N2O4S. The van der Waals surface area contributed by atoms with Crippen molar-refractivity contribution < 1.29 is 18.7 Å². The van der Waals surface area contributed by atoms with E-state index in [2.05, 4.69) is 10.3 Å². The van der Waals surface area contributed by atoms with E-state index < -0.39 is 0 Å². The van der Waals surface area contributed by atoms with E-state index in [-0.39, 0.29) is 12.7 Å². The van der Waals surface area contributed by atoms with Gasteiger partial charge in [-0.1, -0.05) is 6.08 Å². The van der Waals surface area contributed by atoms with Crippen molar-refractivity contribution in [2.24, 2.45) is 4.99 Å². The first kappa shape index (κ1) is 14.6. The molecule has 1 aromatic carbocycles. The molecule has 0 spiro atoms. The van der Waals surface area contributed by atoms with Crippen LogP contribution in [0.2, 0.25) is 0 Å². The first-order valence-electron chi connectivity index (χ1n) is 7.17. The van der Waals surface area contributed by atoms with Gasteiger partial charge in [-0.05, 0) is 48.2 Å². The van der Waals surface area contributed by atoms with E-state index in [1.165, 1.54) is 11.8 Å². The second-order valence-corrected chi connectivity index (χ2v) is 5.95. The third kappa shape index (κ3) is 3.07. The van der Waals surface area contributed by atoms with Gasteiger partial charge in [-0.3, -0.25) is 4.79 Å². The van der Waals surface area contributed by atoms with Crippen LogP contribution < -0.4 is 14.8 Å². The summed E-state index contributed by atoms with van der Waals surface area (Å²) in [7, 11) is 0. The number of fused-ring (bicyclic) bond motifs is 1. The van der Waals surface area contributed by atoms with E-state index >= 15 is 0 Å². The molecule has 0 unspecified atom stereocenters. The Morgan fingerprint density at radius 1 is 1.21 bits per heavy atom. The van der Waals surface area contributed by atoms with Gasteiger partial charge < -0.3 is 19.2 Å². The normalized spacial score (nSPS) is 19.6. The zero-order valence-electron chi connectivity index (χ0n) is 12.4. The number of carbonyl (C=O) groups is 1. The van der Waals surface area contributed by atoms with Crippen LogP contribution in [0.3, 0.4) is 0 Å². The van der Waals surface area contributed by atoms with Gasteiger partial charge in [0.15, 0.2) is 16.7 Å². The fourth-order valence-electron chi connectivity index (χ4n) is 2.18. The van der Waals surface area contributed by atoms with Crippen LogP contribution in [0, 0.1) is 0 Å². The SMILES string of the molecule is O=C1NC(=Nc2ccc3c(c2)OCO3)SC1=CC=Cc1ccco1. The molecule has 120 valence electrons. The van der Waals surface area contributed by atoms with Crippen molar-refractivity contribution in [1.82, 2.24) is 5.32 Å². The van der Waals surface area contributed by atoms with Gasteiger partial charge in [0.05, 0.1) is 16.9 Å². The molecule has 1 fully saturated rings. The molecule has 1 N–H and O–H groups in total. The van der Waals surface area contributed by atoms with Crippen LogP contribution >= 0.6 is 11.8 Å². The molecule has 0 saturated carbocycles. The summed E-state index contributed by atoms with van der Waals surface area (Å²) in [6, 6.07) is 9.03. The highest BCUT2D eigenvalue weighted by Crippen LogP contribution is 2.36. The number of thioether (sulfide) groups is 1. The molecule has 2 aliphatic rings. The highest BCUT2D eigenvalue weighted by atomic mass is 32.2. The maximum Gasteiger partial charge on any atom is 0.264 e. The van der Waals surface area contributed by atoms with Crippen LogP contribution in [-0.4, -0.2) is 17.9 Å². The Bertz CT molecular complexity index is 869. The number of amidine groups is 1. The van der Waals surface area contributed by atoms with E-state index in [4.69, 9.17) is 13.9 Å². The summed E-state index contributed by atoms with van der Waals surface area (Å²) in [5, 5.41) is 3.26. The van der Waals surface area contributed by atoms with Crippen molar-refractivity contribution in [1.29, 1.82) is 0 Å². The predicted octanol–water partition coefficient (Wildman–Crippen LogP) is 3.46. The smallest absolute Gasteiger partial charge is 0.264 e. The molecule has 24 heavy (non-hydrogen) atoms. The Balaban J connectivity index is 1.49. The number of allylic oxidation sites excluding steroid dienone is 2. The fraction of sp³-hybridized carbons (Fsp3) is 0.0588. The molecule has 4 rings (SSSR count). The standard InChI is InChI=1S/C17H12N2O4S/c20-16-15(5-1-3-12-4-2-8-21-12)24-17(19-16)18-11-6-7-13-14(9-11)23-10-22-13/h1-9H,10H2,(H,18,19,20). The molecule has 6 nitrogen and oxygen atoms in total. The van der Waals surface area contributed by atoms with Gasteiger partial charge in [-0.15, -0.1) is 0 Å². The lowest BCUT2D eigenvalue weighted by Gasteiger charge is -1.98. The molecule has 0 bridgehead atoms. The largest absolute Gasteiger partial charge is 0.465 e. The Morgan fingerprint density at radius 3 is 3.00 bits per heavy atom. The number of aliphatic imine (C=N–C) groups is 1. The number of rotatable bonds is 3. The average molecular weight is 340 g/mol. The number of carbonyl (C=O) groups excluding carboxylic acids is 1. The Labute approximate surface area is 141 Å².